The Hall–Kier alpha value is -2.46. The minimum absolute atomic E-state index is 0.0755. The number of Topliss-reactive ketones (excluding diaryl/α,β-unsaturated/α-hetero) is 1. The molecule has 1 aliphatic heterocycles. The maximum atomic E-state index is 13.2. The van der Waals surface area contributed by atoms with Gasteiger partial charge in [0.15, 0.2) is 5.78 Å². The van der Waals surface area contributed by atoms with E-state index in [1.165, 1.54) is 11.3 Å². The van der Waals surface area contributed by atoms with Gasteiger partial charge in [-0.05, 0) is 37.1 Å². The number of fused-ring (bicyclic) bond motifs is 1. The topological polar surface area (TPSA) is 38.1 Å². The number of hydrogen-bond donors (Lipinski definition) is 0. The molecule has 1 unspecified atom stereocenters. The Morgan fingerprint density at radius 3 is 2.81 bits per heavy atom. The molecule has 26 heavy (non-hydrogen) atoms. The number of benzene rings is 2. The molecule has 134 valence electrons. The molecule has 0 bridgehead atoms. The second-order valence-electron chi connectivity index (χ2n) is 7.34. The molecule has 2 heterocycles. The Balaban J connectivity index is 1.53. The van der Waals surface area contributed by atoms with E-state index in [2.05, 4.69) is 35.1 Å². The van der Waals surface area contributed by atoms with Crippen LogP contribution in [0.25, 0.3) is 10.8 Å². The molecule has 1 atom stereocenters. The van der Waals surface area contributed by atoms with Crippen molar-refractivity contribution in [2.24, 2.45) is 13.0 Å². The summed E-state index contributed by atoms with van der Waals surface area (Å²) >= 11 is 0. The maximum absolute atomic E-state index is 13.2. The molecule has 0 radical (unpaired) electrons. The third-order valence-electron chi connectivity index (χ3n) is 5.66. The predicted octanol–water partition coefficient (Wildman–Crippen LogP) is 3.98. The van der Waals surface area contributed by atoms with Gasteiger partial charge in [0.25, 0.3) is 0 Å². The SMILES string of the molecule is Cc1c(CN2CCCC(C(=O)c3cccc4ccccc34)C2)cnn1C. The molecule has 0 aliphatic carbocycles. The van der Waals surface area contributed by atoms with Gasteiger partial charge in [-0.25, -0.2) is 0 Å². The van der Waals surface area contributed by atoms with E-state index in [0.29, 0.717) is 0 Å². The molecule has 1 aliphatic rings. The zero-order chi connectivity index (χ0) is 18.1. The highest BCUT2D eigenvalue weighted by Crippen LogP contribution is 2.26. The molecule has 4 heteroatoms. The van der Waals surface area contributed by atoms with Crippen molar-refractivity contribution in [2.45, 2.75) is 26.3 Å². The molecule has 1 aromatic heterocycles. The van der Waals surface area contributed by atoms with E-state index in [0.717, 1.165) is 48.8 Å². The standard InChI is InChI=1S/C22H25N3O/c1-16-19(13-23-24(16)2)15-25-12-6-9-18(14-25)22(26)21-11-5-8-17-7-3-4-10-20(17)21/h3-5,7-8,10-11,13,18H,6,9,12,14-15H2,1-2H3. The molecule has 1 fully saturated rings. The van der Waals surface area contributed by atoms with Crippen molar-refractivity contribution in [3.8, 4) is 0 Å². The zero-order valence-electron chi connectivity index (χ0n) is 15.5. The first-order chi connectivity index (χ1) is 12.6. The number of piperidine rings is 1. The largest absolute Gasteiger partial charge is 0.298 e. The van der Waals surface area contributed by atoms with E-state index < -0.39 is 0 Å². The van der Waals surface area contributed by atoms with Gasteiger partial charge in [-0.3, -0.25) is 14.4 Å². The van der Waals surface area contributed by atoms with E-state index in [4.69, 9.17) is 0 Å². The van der Waals surface area contributed by atoms with E-state index in [9.17, 15) is 4.79 Å². The fourth-order valence-corrected chi connectivity index (χ4v) is 4.01. The number of hydrogen-bond acceptors (Lipinski definition) is 3. The Morgan fingerprint density at radius 1 is 1.19 bits per heavy atom. The fraction of sp³-hybridized carbons (Fsp3) is 0.364. The summed E-state index contributed by atoms with van der Waals surface area (Å²) in [6.45, 7) is 4.86. The average Bonchev–Trinajstić information content (AvgIpc) is 2.99. The van der Waals surface area contributed by atoms with Gasteiger partial charge in [0.1, 0.15) is 0 Å². The monoisotopic (exact) mass is 347 g/mol. The molecule has 2 aromatic carbocycles. The van der Waals surface area contributed by atoms with E-state index in [1.807, 2.05) is 42.2 Å². The van der Waals surface area contributed by atoms with Crippen molar-refractivity contribution in [2.75, 3.05) is 13.1 Å². The number of aryl methyl sites for hydroxylation is 1. The Labute approximate surface area is 154 Å². The van der Waals surface area contributed by atoms with Crippen molar-refractivity contribution in [1.29, 1.82) is 0 Å². The van der Waals surface area contributed by atoms with E-state index in [-0.39, 0.29) is 11.7 Å². The van der Waals surface area contributed by atoms with Crippen LogP contribution in [0.3, 0.4) is 0 Å². The van der Waals surface area contributed by atoms with Gasteiger partial charge < -0.3 is 0 Å². The molecular weight excluding hydrogens is 322 g/mol. The number of likely N-dealkylation sites (tertiary alicyclic amines) is 1. The third kappa shape index (κ3) is 3.17. The predicted molar refractivity (Wildman–Crippen MR) is 104 cm³/mol. The van der Waals surface area contributed by atoms with Crippen LogP contribution in [-0.4, -0.2) is 33.6 Å². The molecule has 1 saturated heterocycles. The van der Waals surface area contributed by atoms with Crippen molar-refractivity contribution in [3.63, 3.8) is 0 Å². The van der Waals surface area contributed by atoms with Crippen LogP contribution >= 0.6 is 0 Å². The fourth-order valence-electron chi connectivity index (χ4n) is 4.01. The lowest BCUT2D eigenvalue weighted by Crippen LogP contribution is -2.38. The normalized spacial score (nSPS) is 18.3. The zero-order valence-corrected chi connectivity index (χ0v) is 15.5. The van der Waals surface area contributed by atoms with Crippen molar-refractivity contribution >= 4 is 16.6 Å². The summed E-state index contributed by atoms with van der Waals surface area (Å²) in [5.74, 6) is 0.362. The number of aromatic nitrogens is 2. The minimum atomic E-state index is 0.0755. The van der Waals surface area contributed by atoms with Gasteiger partial charge in [0.2, 0.25) is 0 Å². The van der Waals surface area contributed by atoms with Crippen LogP contribution in [0.1, 0.15) is 34.5 Å². The maximum Gasteiger partial charge on any atom is 0.167 e. The second kappa shape index (κ2) is 7.04. The lowest BCUT2D eigenvalue weighted by molar-refractivity contribution is 0.0813. The molecule has 0 amide bonds. The quantitative estimate of drug-likeness (QED) is 0.670. The van der Waals surface area contributed by atoms with Crippen LogP contribution in [-0.2, 0) is 13.6 Å². The third-order valence-corrected chi connectivity index (χ3v) is 5.66. The number of ketones is 1. The summed E-state index contributed by atoms with van der Waals surface area (Å²) in [4.78, 5) is 15.6. The first-order valence-electron chi connectivity index (χ1n) is 9.35. The van der Waals surface area contributed by atoms with Gasteiger partial charge in [0.05, 0.1) is 6.20 Å². The molecular formula is C22H25N3O. The van der Waals surface area contributed by atoms with Gasteiger partial charge in [-0.1, -0.05) is 42.5 Å². The number of nitrogens with zero attached hydrogens (tertiary/aromatic N) is 3. The highest BCUT2D eigenvalue weighted by Gasteiger charge is 2.27. The first-order valence-corrected chi connectivity index (χ1v) is 9.35. The first kappa shape index (κ1) is 17.0. The number of carbonyl (C=O) groups excluding carboxylic acids is 1. The van der Waals surface area contributed by atoms with Crippen molar-refractivity contribution < 1.29 is 4.79 Å². The average molecular weight is 347 g/mol. The Morgan fingerprint density at radius 2 is 2.00 bits per heavy atom. The number of carbonyl (C=O) groups is 1. The lowest BCUT2D eigenvalue weighted by Gasteiger charge is -2.32. The smallest absolute Gasteiger partial charge is 0.167 e. The highest BCUT2D eigenvalue weighted by atomic mass is 16.1. The molecule has 0 spiro atoms. The molecule has 4 nitrogen and oxygen atoms in total. The summed E-state index contributed by atoms with van der Waals surface area (Å²) in [5.41, 5.74) is 3.32. The van der Waals surface area contributed by atoms with Gasteiger partial charge in [0, 0.05) is 42.9 Å². The van der Waals surface area contributed by atoms with Gasteiger partial charge in [-0.2, -0.15) is 5.10 Å². The van der Waals surface area contributed by atoms with Gasteiger partial charge in [-0.15, -0.1) is 0 Å². The Kier molecular flexibility index (Phi) is 4.60. The van der Waals surface area contributed by atoms with Crippen molar-refractivity contribution in [1.82, 2.24) is 14.7 Å². The molecule has 4 rings (SSSR count). The Bertz CT molecular complexity index is 938. The lowest BCUT2D eigenvalue weighted by atomic mass is 9.88. The molecule has 0 saturated carbocycles. The summed E-state index contributed by atoms with van der Waals surface area (Å²) in [6.07, 6.45) is 4.00. The van der Waals surface area contributed by atoms with Crippen molar-refractivity contribution in [3.05, 3.63) is 65.5 Å². The minimum Gasteiger partial charge on any atom is -0.298 e. The second-order valence-corrected chi connectivity index (χ2v) is 7.34. The highest BCUT2D eigenvalue weighted by molar-refractivity contribution is 6.09. The van der Waals surface area contributed by atoms with Crippen LogP contribution in [0.4, 0.5) is 0 Å². The van der Waals surface area contributed by atoms with Crippen LogP contribution in [0.2, 0.25) is 0 Å². The van der Waals surface area contributed by atoms with Crippen LogP contribution in [0, 0.1) is 12.8 Å². The molecule has 3 aromatic rings. The van der Waals surface area contributed by atoms with Crippen LogP contribution in [0.15, 0.2) is 48.7 Å². The van der Waals surface area contributed by atoms with Crippen LogP contribution in [0.5, 0.6) is 0 Å². The van der Waals surface area contributed by atoms with Gasteiger partial charge >= 0.3 is 0 Å². The van der Waals surface area contributed by atoms with Crippen LogP contribution < -0.4 is 0 Å². The summed E-state index contributed by atoms with van der Waals surface area (Å²) in [7, 11) is 1.97. The van der Waals surface area contributed by atoms with E-state index >= 15 is 0 Å². The summed E-state index contributed by atoms with van der Waals surface area (Å²) in [6, 6.07) is 14.2. The summed E-state index contributed by atoms with van der Waals surface area (Å²) in [5, 5.41) is 6.55. The molecule has 0 N–H and O–H groups in total. The summed E-state index contributed by atoms with van der Waals surface area (Å²) < 4.78 is 1.91. The van der Waals surface area contributed by atoms with E-state index in [1.54, 1.807) is 0 Å². The number of rotatable bonds is 4.